The topological polar surface area (TPSA) is 71.1 Å². The summed E-state index contributed by atoms with van der Waals surface area (Å²) in [5.41, 5.74) is 4.27. The van der Waals surface area contributed by atoms with Gasteiger partial charge in [0, 0.05) is 12.0 Å². The number of carbonyl (C=O) groups is 2. The van der Waals surface area contributed by atoms with Crippen LogP contribution in [0.2, 0.25) is 0 Å². The van der Waals surface area contributed by atoms with Gasteiger partial charge >= 0.3 is 11.9 Å². The van der Waals surface area contributed by atoms with Crippen LogP contribution < -0.4 is 9.47 Å². The van der Waals surface area contributed by atoms with E-state index in [1.165, 1.54) is 5.57 Å². The second-order valence-corrected chi connectivity index (χ2v) is 9.42. The van der Waals surface area contributed by atoms with E-state index in [9.17, 15) is 9.59 Å². The normalized spacial score (nSPS) is 14.6. The molecule has 3 rings (SSSR count). The molecule has 0 amide bonds. The van der Waals surface area contributed by atoms with Crippen molar-refractivity contribution in [3.63, 3.8) is 0 Å². The third-order valence-corrected chi connectivity index (χ3v) is 5.69. The van der Waals surface area contributed by atoms with Crippen molar-refractivity contribution in [3.8, 4) is 11.5 Å². The van der Waals surface area contributed by atoms with Crippen molar-refractivity contribution in [2.45, 2.75) is 73.5 Å². The Hall–Kier alpha value is -3.80. The summed E-state index contributed by atoms with van der Waals surface area (Å²) >= 11 is 0. The number of fused-ring (bicyclic) bond motifs is 1. The van der Waals surface area contributed by atoms with Gasteiger partial charge in [0.15, 0.2) is 0 Å². The van der Waals surface area contributed by atoms with Crippen molar-refractivity contribution in [1.82, 2.24) is 0 Å². The summed E-state index contributed by atoms with van der Waals surface area (Å²) in [6.07, 6.45) is 11.9. The van der Waals surface area contributed by atoms with Gasteiger partial charge < -0.3 is 18.9 Å². The number of hydrogen-bond acceptors (Lipinski definition) is 6. The Morgan fingerprint density at radius 3 is 2.28 bits per heavy atom. The summed E-state index contributed by atoms with van der Waals surface area (Å²) in [7, 11) is 0. The Labute approximate surface area is 233 Å². The number of hydrogen-bond donors (Lipinski definition) is 0. The fraction of sp³-hybridized carbons (Fsp3) is 0.394. The van der Waals surface area contributed by atoms with E-state index < -0.39 is 0 Å². The maximum atomic E-state index is 11.9. The van der Waals surface area contributed by atoms with E-state index in [-0.39, 0.29) is 24.1 Å². The molecule has 2 unspecified atom stereocenters. The Bertz CT molecular complexity index is 1190. The van der Waals surface area contributed by atoms with Crippen LogP contribution in [0.1, 0.15) is 86.7 Å². The van der Waals surface area contributed by atoms with Crippen LogP contribution in [0.15, 0.2) is 66.3 Å². The van der Waals surface area contributed by atoms with Gasteiger partial charge in [-0.3, -0.25) is 0 Å². The van der Waals surface area contributed by atoms with Crippen molar-refractivity contribution in [2.75, 3.05) is 13.2 Å². The maximum Gasteiger partial charge on any atom is 0.338 e. The zero-order valence-electron chi connectivity index (χ0n) is 24.3. The minimum atomic E-state index is -0.297. The molecule has 0 bridgehead atoms. The first-order chi connectivity index (χ1) is 18.7. The van der Waals surface area contributed by atoms with E-state index in [2.05, 4.69) is 26.0 Å². The fourth-order valence-electron chi connectivity index (χ4n) is 3.80. The third-order valence-electron chi connectivity index (χ3n) is 5.69. The molecule has 2 aromatic carbocycles. The summed E-state index contributed by atoms with van der Waals surface area (Å²) in [5, 5.41) is 0. The SMILES string of the molecule is C/C=C/C(C)Oc1ccc(C(=O)OCC)cc1CC=C(C)C.CCOC(=O)c1ccc2c(c1)C=CCC(C)O2. The molecule has 6 nitrogen and oxygen atoms in total. The summed E-state index contributed by atoms with van der Waals surface area (Å²) in [4.78, 5) is 23.5. The quantitative estimate of drug-likeness (QED) is 0.242. The molecule has 0 saturated heterocycles. The Kier molecular flexibility index (Phi) is 13.1. The zero-order chi connectivity index (χ0) is 28.8. The molecule has 39 heavy (non-hydrogen) atoms. The molecule has 0 aromatic heterocycles. The minimum Gasteiger partial charge on any atom is -0.490 e. The second kappa shape index (κ2) is 16.2. The van der Waals surface area contributed by atoms with Gasteiger partial charge in [0.25, 0.3) is 0 Å². The van der Waals surface area contributed by atoms with Gasteiger partial charge in [-0.15, -0.1) is 0 Å². The summed E-state index contributed by atoms with van der Waals surface area (Å²) in [6, 6.07) is 10.8. The molecule has 0 spiro atoms. The third kappa shape index (κ3) is 10.5. The Morgan fingerprint density at radius 1 is 1.03 bits per heavy atom. The first kappa shape index (κ1) is 31.4. The standard InChI is InChI=1S/C19H26O3.C14H16O3/c1-6-8-15(5)22-18-12-11-17(19(20)21-7-2)13-16(18)10-9-14(3)4;1-3-16-14(15)12-7-8-13-11(9-12)6-4-5-10(2)17-13/h6,8-9,11-13,15H,7,10H2,1-5H3;4,6-10H,3,5H2,1-2H3/b8-6+;. The van der Waals surface area contributed by atoms with Crippen molar-refractivity contribution in [2.24, 2.45) is 0 Å². The van der Waals surface area contributed by atoms with Crippen LogP contribution in [-0.2, 0) is 15.9 Å². The fourth-order valence-corrected chi connectivity index (χ4v) is 3.80. The highest BCUT2D eigenvalue weighted by atomic mass is 16.5. The number of esters is 2. The molecule has 0 radical (unpaired) electrons. The van der Waals surface area contributed by atoms with Crippen LogP contribution in [0.25, 0.3) is 6.08 Å². The lowest BCUT2D eigenvalue weighted by Gasteiger charge is -2.15. The average molecular weight is 535 g/mol. The molecule has 0 N–H and O–H groups in total. The highest BCUT2D eigenvalue weighted by Crippen LogP contribution is 2.27. The summed E-state index contributed by atoms with van der Waals surface area (Å²) in [5.74, 6) is 1.03. The minimum absolute atomic E-state index is 0.0103. The number of benzene rings is 2. The molecular weight excluding hydrogens is 492 g/mol. The number of carbonyl (C=O) groups excluding carboxylic acids is 2. The van der Waals surface area contributed by atoms with Gasteiger partial charge in [-0.2, -0.15) is 0 Å². The largest absolute Gasteiger partial charge is 0.490 e. The maximum absolute atomic E-state index is 11.9. The van der Waals surface area contributed by atoms with Gasteiger partial charge in [-0.1, -0.05) is 29.9 Å². The smallest absolute Gasteiger partial charge is 0.338 e. The van der Waals surface area contributed by atoms with E-state index in [4.69, 9.17) is 18.9 Å². The first-order valence-electron chi connectivity index (χ1n) is 13.6. The predicted molar refractivity (Wildman–Crippen MR) is 157 cm³/mol. The van der Waals surface area contributed by atoms with Crippen LogP contribution >= 0.6 is 0 Å². The molecule has 210 valence electrons. The van der Waals surface area contributed by atoms with Crippen LogP contribution in [0, 0.1) is 0 Å². The van der Waals surface area contributed by atoms with Gasteiger partial charge in [0.1, 0.15) is 17.6 Å². The number of rotatable bonds is 9. The van der Waals surface area contributed by atoms with Gasteiger partial charge in [-0.05, 0) is 103 Å². The van der Waals surface area contributed by atoms with E-state index in [1.807, 2.05) is 63.3 Å². The summed E-state index contributed by atoms with van der Waals surface area (Å²) in [6.45, 7) is 14.5. The van der Waals surface area contributed by atoms with Gasteiger partial charge in [0.2, 0.25) is 0 Å². The van der Waals surface area contributed by atoms with E-state index in [1.54, 1.807) is 26.0 Å². The van der Waals surface area contributed by atoms with Crippen LogP contribution in [0.3, 0.4) is 0 Å². The van der Waals surface area contributed by atoms with Gasteiger partial charge in [0.05, 0.1) is 30.4 Å². The lowest BCUT2D eigenvalue weighted by Crippen LogP contribution is -2.11. The predicted octanol–water partition coefficient (Wildman–Crippen LogP) is 7.76. The van der Waals surface area contributed by atoms with Gasteiger partial charge in [-0.25, -0.2) is 9.59 Å². The molecule has 1 aliphatic heterocycles. The molecule has 0 saturated carbocycles. The Balaban J connectivity index is 0.000000282. The van der Waals surface area contributed by atoms with E-state index >= 15 is 0 Å². The molecule has 0 fully saturated rings. The van der Waals surface area contributed by atoms with Crippen molar-refractivity contribution in [3.05, 3.63) is 88.5 Å². The van der Waals surface area contributed by atoms with Crippen LogP contribution in [-0.4, -0.2) is 37.4 Å². The first-order valence-corrected chi connectivity index (χ1v) is 13.6. The molecular formula is C33H42O6. The number of ether oxygens (including phenoxy) is 4. The highest BCUT2D eigenvalue weighted by molar-refractivity contribution is 5.91. The van der Waals surface area contributed by atoms with E-state index in [0.717, 1.165) is 35.5 Å². The van der Waals surface area contributed by atoms with Crippen molar-refractivity contribution >= 4 is 18.0 Å². The highest BCUT2D eigenvalue weighted by Gasteiger charge is 2.14. The molecule has 2 atom stereocenters. The van der Waals surface area contributed by atoms with E-state index in [0.29, 0.717) is 24.3 Å². The number of allylic oxidation sites excluding steroid dienone is 3. The van der Waals surface area contributed by atoms with Crippen LogP contribution in [0.4, 0.5) is 0 Å². The average Bonchev–Trinajstić information content (AvgIpc) is 3.08. The lowest BCUT2D eigenvalue weighted by atomic mass is 10.1. The molecule has 2 aromatic rings. The summed E-state index contributed by atoms with van der Waals surface area (Å²) < 4.78 is 21.7. The monoisotopic (exact) mass is 534 g/mol. The Morgan fingerprint density at radius 2 is 1.67 bits per heavy atom. The molecule has 1 heterocycles. The zero-order valence-corrected chi connectivity index (χ0v) is 24.3. The van der Waals surface area contributed by atoms with Crippen molar-refractivity contribution in [1.29, 1.82) is 0 Å². The lowest BCUT2D eigenvalue weighted by molar-refractivity contribution is 0.0516. The molecule has 1 aliphatic rings. The van der Waals surface area contributed by atoms with Crippen LogP contribution in [0.5, 0.6) is 11.5 Å². The molecule has 0 aliphatic carbocycles. The van der Waals surface area contributed by atoms with Crippen molar-refractivity contribution < 1.29 is 28.5 Å². The molecule has 6 heteroatoms. The second-order valence-electron chi connectivity index (χ2n) is 9.42.